The van der Waals surface area contributed by atoms with Crippen LogP contribution in [0, 0.1) is 5.41 Å². The normalized spacial score (nSPS) is 12.4. The van der Waals surface area contributed by atoms with Crippen molar-refractivity contribution in [2.75, 3.05) is 41.7 Å². The molecule has 0 heterocycles. The maximum atomic E-state index is 10.7. The second kappa shape index (κ2) is 15.2. The first kappa shape index (κ1) is 32.4. The average molecular weight is 567 g/mol. The summed E-state index contributed by atoms with van der Waals surface area (Å²) in [6.07, 6.45) is 0. The highest BCUT2D eigenvalue weighted by Crippen LogP contribution is 2.37. The van der Waals surface area contributed by atoms with Crippen LogP contribution in [0.3, 0.4) is 0 Å². The lowest BCUT2D eigenvalue weighted by molar-refractivity contribution is 0.164. The number of phenolic OH excluding ortho intramolecular Hbond substituents is 1. The van der Waals surface area contributed by atoms with Gasteiger partial charge in [0.1, 0.15) is 30.5 Å². The van der Waals surface area contributed by atoms with Crippen molar-refractivity contribution in [3.63, 3.8) is 0 Å². The van der Waals surface area contributed by atoms with Gasteiger partial charge < -0.3 is 33.5 Å². The SMILES string of the molecule is COCc1cc(-c2cc(COC)c(OCCOc3ccc(C(C)C(C)(C)C)cc3)c(COC)c2)cc(COC)c1O. The number of hydrogen-bond donors (Lipinski definition) is 1. The third kappa shape index (κ3) is 8.69. The van der Waals surface area contributed by atoms with Gasteiger partial charge in [-0.1, -0.05) is 39.8 Å². The minimum Gasteiger partial charge on any atom is -0.507 e. The van der Waals surface area contributed by atoms with E-state index in [1.807, 2.05) is 36.4 Å². The van der Waals surface area contributed by atoms with E-state index in [-0.39, 0.29) is 24.4 Å². The number of methoxy groups -OCH3 is 4. The summed E-state index contributed by atoms with van der Waals surface area (Å²) >= 11 is 0. The molecule has 0 amide bonds. The van der Waals surface area contributed by atoms with Crippen LogP contribution in [-0.2, 0) is 45.4 Å². The van der Waals surface area contributed by atoms with E-state index in [2.05, 4.69) is 39.8 Å². The summed E-state index contributed by atoms with van der Waals surface area (Å²) in [7, 11) is 6.53. The van der Waals surface area contributed by atoms with Gasteiger partial charge in [-0.05, 0) is 64.4 Å². The van der Waals surface area contributed by atoms with E-state index in [1.54, 1.807) is 28.4 Å². The van der Waals surface area contributed by atoms with Crippen molar-refractivity contribution in [2.24, 2.45) is 5.41 Å². The molecular formula is C34H46O7. The maximum absolute atomic E-state index is 10.7. The number of benzene rings is 3. The van der Waals surface area contributed by atoms with Crippen LogP contribution in [0.5, 0.6) is 17.2 Å². The second-order valence-corrected chi connectivity index (χ2v) is 11.4. The highest BCUT2D eigenvalue weighted by atomic mass is 16.5. The summed E-state index contributed by atoms with van der Waals surface area (Å²) in [5.41, 5.74) is 6.55. The highest BCUT2D eigenvalue weighted by molar-refractivity contribution is 5.70. The Balaban J connectivity index is 1.82. The lowest BCUT2D eigenvalue weighted by Gasteiger charge is -2.27. The van der Waals surface area contributed by atoms with Crippen molar-refractivity contribution in [1.82, 2.24) is 0 Å². The Kier molecular flexibility index (Phi) is 12.0. The van der Waals surface area contributed by atoms with Crippen LogP contribution in [0.15, 0.2) is 48.5 Å². The zero-order chi connectivity index (χ0) is 30.0. The molecule has 0 aliphatic heterocycles. The summed E-state index contributed by atoms with van der Waals surface area (Å²) in [4.78, 5) is 0. The minimum atomic E-state index is 0.185. The lowest BCUT2D eigenvalue weighted by Crippen LogP contribution is -2.15. The van der Waals surface area contributed by atoms with E-state index < -0.39 is 0 Å². The Bertz CT molecular complexity index is 1190. The van der Waals surface area contributed by atoms with E-state index in [9.17, 15) is 5.11 Å². The Morgan fingerprint density at radius 2 is 1.05 bits per heavy atom. The van der Waals surface area contributed by atoms with Gasteiger partial charge in [-0.3, -0.25) is 0 Å². The zero-order valence-electron chi connectivity index (χ0n) is 25.8. The van der Waals surface area contributed by atoms with Gasteiger partial charge in [0.25, 0.3) is 0 Å². The minimum absolute atomic E-state index is 0.185. The Morgan fingerprint density at radius 1 is 0.634 bits per heavy atom. The van der Waals surface area contributed by atoms with Crippen molar-refractivity contribution in [3.8, 4) is 28.4 Å². The van der Waals surface area contributed by atoms with E-state index in [0.29, 0.717) is 43.5 Å². The van der Waals surface area contributed by atoms with E-state index in [1.165, 1.54) is 5.56 Å². The molecule has 3 aromatic carbocycles. The molecule has 1 unspecified atom stereocenters. The zero-order valence-corrected chi connectivity index (χ0v) is 25.8. The van der Waals surface area contributed by atoms with Crippen molar-refractivity contribution in [3.05, 3.63) is 76.3 Å². The van der Waals surface area contributed by atoms with Crippen LogP contribution in [0.2, 0.25) is 0 Å². The average Bonchev–Trinajstić information content (AvgIpc) is 2.94. The first-order valence-corrected chi connectivity index (χ1v) is 13.9. The molecule has 7 heteroatoms. The number of phenols is 1. The van der Waals surface area contributed by atoms with Gasteiger partial charge in [-0.15, -0.1) is 0 Å². The molecule has 0 spiro atoms. The first-order chi connectivity index (χ1) is 19.6. The fourth-order valence-corrected chi connectivity index (χ4v) is 4.75. The van der Waals surface area contributed by atoms with Gasteiger partial charge in [0.15, 0.2) is 0 Å². The van der Waals surface area contributed by atoms with Gasteiger partial charge >= 0.3 is 0 Å². The number of ether oxygens (including phenoxy) is 6. The number of aromatic hydroxyl groups is 1. The van der Waals surface area contributed by atoms with Crippen LogP contribution in [0.4, 0.5) is 0 Å². The Hall–Kier alpha value is -3.10. The van der Waals surface area contributed by atoms with Gasteiger partial charge in [0.05, 0.1) is 26.4 Å². The van der Waals surface area contributed by atoms with Crippen molar-refractivity contribution in [1.29, 1.82) is 0 Å². The molecule has 0 radical (unpaired) electrons. The third-order valence-electron chi connectivity index (χ3n) is 7.32. The standard InChI is InChI=1S/C34H46O7/c1-23(34(2,3)4)24-9-11-31(12-10-24)40-13-14-41-33-29(21-38-7)17-26(18-30(33)22-39-8)25-15-27(19-36-5)32(35)28(16-25)20-37-6/h9-12,15-18,23,35H,13-14,19-22H2,1-8H3. The number of hydrogen-bond acceptors (Lipinski definition) is 7. The molecule has 0 fully saturated rings. The second-order valence-electron chi connectivity index (χ2n) is 11.4. The molecule has 0 aromatic heterocycles. The van der Waals surface area contributed by atoms with Gasteiger partial charge in [-0.25, -0.2) is 0 Å². The third-order valence-corrected chi connectivity index (χ3v) is 7.32. The van der Waals surface area contributed by atoms with Crippen LogP contribution in [0.1, 0.15) is 61.4 Å². The summed E-state index contributed by atoms with van der Waals surface area (Å²) in [5.74, 6) is 2.17. The predicted octanol–water partition coefficient (Wildman–Crippen LogP) is 7.25. The first-order valence-electron chi connectivity index (χ1n) is 13.9. The molecule has 0 aliphatic rings. The molecule has 1 N–H and O–H groups in total. The Morgan fingerprint density at radius 3 is 1.49 bits per heavy atom. The molecular weight excluding hydrogens is 520 g/mol. The van der Waals surface area contributed by atoms with Crippen LogP contribution >= 0.6 is 0 Å². The molecule has 0 aliphatic carbocycles. The quantitative estimate of drug-likeness (QED) is 0.194. The largest absolute Gasteiger partial charge is 0.507 e. The fraction of sp³-hybridized carbons (Fsp3) is 0.471. The van der Waals surface area contributed by atoms with E-state index >= 15 is 0 Å². The summed E-state index contributed by atoms with van der Waals surface area (Å²) in [6, 6.07) is 16.3. The predicted molar refractivity (Wildman–Crippen MR) is 162 cm³/mol. The van der Waals surface area contributed by atoms with E-state index in [4.69, 9.17) is 28.4 Å². The van der Waals surface area contributed by atoms with E-state index in [0.717, 1.165) is 33.8 Å². The maximum Gasteiger partial charge on any atom is 0.130 e. The summed E-state index contributed by atoms with van der Waals surface area (Å²) in [6.45, 7) is 11.1. The lowest BCUT2D eigenvalue weighted by atomic mass is 9.78. The van der Waals surface area contributed by atoms with Gasteiger partial charge in [-0.2, -0.15) is 0 Å². The Labute approximate surface area is 245 Å². The van der Waals surface area contributed by atoms with Crippen LogP contribution < -0.4 is 9.47 Å². The molecule has 0 bridgehead atoms. The van der Waals surface area contributed by atoms with Crippen LogP contribution in [0.25, 0.3) is 11.1 Å². The summed E-state index contributed by atoms with van der Waals surface area (Å²) in [5, 5.41) is 10.7. The molecule has 224 valence electrons. The van der Waals surface area contributed by atoms with Crippen molar-refractivity contribution in [2.45, 2.75) is 60.0 Å². The summed E-state index contributed by atoms with van der Waals surface area (Å²) < 4.78 is 34.0. The van der Waals surface area contributed by atoms with Crippen LogP contribution in [-0.4, -0.2) is 46.8 Å². The molecule has 41 heavy (non-hydrogen) atoms. The van der Waals surface area contributed by atoms with Crippen molar-refractivity contribution < 1.29 is 33.5 Å². The number of rotatable bonds is 15. The van der Waals surface area contributed by atoms with Gasteiger partial charge in [0.2, 0.25) is 0 Å². The molecule has 1 atom stereocenters. The molecule has 0 saturated carbocycles. The molecule has 0 saturated heterocycles. The van der Waals surface area contributed by atoms with Crippen molar-refractivity contribution >= 4 is 0 Å². The fourth-order valence-electron chi connectivity index (χ4n) is 4.75. The smallest absolute Gasteiger partial charge is 0.130 e. The molecule has 3 aromatic rings. The highest BCUT2D eigenvalue weighted by Gasteiger charge is 2.21. The van der Waals surface area contributed by atoms with Gasteiger partial charge in [0, 0.05) is 50.7 Å². The monoisotopic (exact) mass is 566 g/mol. The molecule has 3 rings (SSSR count). The topological polar surface area (TPSA) is 75.6 Å². The molecule has 7 nitrogen and oxygen atoms in total.